The van der Waals surface area contributed by atoms with E-state index >= 15 is 0 Å². The molecule has 0 aromatic heterocycles. The first-order chi connectivity index (χ1) is 6.45. The highest BCUT2D eigenvalue weighted by atomic mass is 32.2. The Kier molecular flexibility index (Phi) is 1.73. The number of para-hydroxylation sites is 1. The summed E-state index contributed by atoms with van der Waals surface area (Å²) in [6.07, 6.45) is 3.16. The highest BCUT2D eigenvalue weighted by molar-refractivity contribution is 7.97. The number of hydrogen-bond donors (Lipinski definition) is 1. The molecule has 1 N–H and O–H groups in total. The van der Waals surface area contributed by atoms with Crippen LogP contribution in [0.3, 0.4) is 0 Å². The van der Waals surface area contributed by atoms with Crippen molar-refractivity contribution in [1.29, 1.82) is 0 Å². The average molecular weight is 192 g/mol. The number of nitrogens with one attached hydrogen (secondary N) is 1. The van der Waals surface area contributed by atoms with Crippen molar-refractivity contribution in [2.45, 2.75) is 23.9 Å². The third-order valence-corrected chi connectivity index (χ3v) is 3.69. The van der Waals surface area contributed by atoms with Crippen molar-refractivity contribution in [1.82, 2.24) is 4.72 Å². The van der Waals surface area contributed by atoms with Gasteiger partial charge in [-0.3, -0.25) is 0 Å². The molecule has 3 heteroatoms. The van der Waals surface area contributed by atoms with Crippen LogP contribution in [-0.2, 0) is 0 Å². The predicted octanol–water partition coefficient (Wildman–Crippen LogP) is 2.22. The van der Waals surface area contributed by atoms with Gasteiger partial charge < -0.3 is 4.90 Å². The second-order valence-electron chi connectivity index (χ2n) is 3.54. The fraction of sp³-hybridized carbons (Fsp3) is 0.400. The number of anilines is 1. The Hall–Kier alpha value is -0.670. The van der Waals surface area contributed by atoms with Crippen molar-refractivity contribution >= 4 is 17.6 Å². The Morgan fingerprint density at radius 3 is 3.31 bits per heavy atom. The summed E-state index contributed by atoms with van der Waals surface area (Å²) in [4.78, 5) is 3.84. The molecule has 2 nitrogen and oxygen atoms in total. The summed E-state index contributed by atoms with van der Waals surface area (Å²) in [5.41, 5.74) is 1.41. The lowest BCUT2D eigenvalue weighted by molar-refractivity contribution is 0.643. The smallest absolute Gasteiger partial charge is 0.0890 e. The Labute approximate surface area is 82.4 Å². The minimum Gasteiger partial charge on any atom is -0.354 e. The number of benzene rings is 1. The molecular formula is C10H12N2S. The maximum atomic E-state index is 3.48. The summed E-state index contributed by atoms with van der Waals surface area (Å²) in [6.45, 7) is 1.20. The molecule has 1 aromatic rings. The molecule has 1 atom stereocenters. The van der Waals surface area contributed by atoms with E-state index in [0.29, 0.717) is 6.17 Å². The van der Waals surface area contributed by atoms with Crippen molar-refractivity contribution < 1.29 is 0 Å². The van der Waals surface area contributed by atoms with Crippen LogP contribution in [0.25, 0.3) is 0 Å². The molecule has 0 saturated carbocycles. The van der Waals surface area contributed by atoms with Crippen LogP contribution < -0.4 is 9.62 Å². The Morgan fingerprint density at radius 1 is 1.38 bits per heavy atom. The summed E-state index contributed by atoms with van der Waals surface area (Å²) in [5.74, 6) is 0. The second kappa shape index (κ2) is 2.93. The van der Waals surface area contributed by atoms with Gasteiger partial charge in [-0.05, 0) is 36.9 Å². The van der Waals surface area contributed by atoms with Crippen LogP contribution in [-0.4, -0.2) is 12.7 Å². The lowest BCUT2D eigenvalue weighted by Gasteiger charge is -2.33. The third-order valence-electron chi connectivity index (χ3n) is 2.73. The molecule has 2 heterocycles. The fourth-order valence-electron chi connectivity index (χ4n) is 2.09. The average Bonchev–Trinajstić information content (AvgIpc) is 2.65. The van der Waals surface area contributed by atoms with E-state index in [9.17, 15) is 0 Å². The van der Waals surface area contributed by atoms with Gasteiger partial charge in [-0.15, -0.1) is 0 Å². The number of nitrogens with zero attached hydrogens (tertiary/aromatic N) is 1. The molecule has 1 saturated heterocycles. The summed E-state index contributed by atoms with van der Waals surface area (Å²) in [6, 6.07) is 8.63. The lowest BCUT2D eigenvalue weighted by Crippen LogP contribution is -2.40. The molecule has 3 rings (SSSR count). The molecule has 13 heavy (non-hydrogen) atoms. The van der Waals surface area contributed by atoms with Crippen molar-refractivity contribution in [3.05, 3.63) is 24.3 Å². The van der Waals surface area contributed by atoms with E-state index in [1.807, 2.05) is 0 Å². The van der Waals surface area contributed by atoms with Gasteiger partial charge >= 0.3 is 0 Å². The Balaban J connectivity index is 2.06. The van der Waals surface area contributed by atoms with Gasteiger partial charge in [-0.2, -0.15) is 0 Å². The van der Waals surface area contributed by atoms with Crippen LogP contribution in [0.4, 0.5) is 5.69 Å². The molecule has 1 aromatic carbocycles. The molecular weight excluding hydrogens is 180 g/mol. The minimum atomic E-state index is 0.569. The topological polar surface area (TPSA) is 15.3 Å². The molecule has 0 spiro atoms. The van der Waals surface area contributed by atoms with Gasteiger partial charge in [0.15, 0.2) is 0 Å². The predicted molar refractivity (Wildman–Crippen MR) is 55.8 cm³/mol. The molecule has 0 amide bonds. The summed E-state index contributed by atoms with van der Waals surface area (Å²) < 4.78 is 3.48. The van der Waals surface area contributed by atoms with Gasteiger partial charge in [0.25, 0.3) is 0 Å². The summed E-state index contributed by atoms with van der Waals surface area (Å²) in [7, 11) is 0. The first kappa shape index (κ1) is 7.71. The van der Waals surface area contributed by atoms with E-state index in [0.717, 1.165) is 0 Å². The van der Waals surface area contributed by atoms with Crippen LogP contribution in [0.15, 0.2) is 29.2 Å². The van der Waals surface area contributed by atoms with Crippen LogP contribution in [0.1, 0.15) is 12.8 Å². The van der Waals surface area contributed by atoms with E-state index in [4.69, 9.17) is 0 Å². The summed E-state index contributed by atoms with van der Waals surface area (Å²) in [5, 5.41) is 0. The van der Waals surface area contributed by atoms with Crippen LogP contribution in [0.5, 0.6) is 0 Å². The first-order valence-electron chi connectivity index (χ1n) is 4.73. The van der Waals surface area contributed by atoms with Gasteiger partial charge in [-0.1, -0.05) is 12.1 Å². The van der Waals surface area contributed by atoms with Gasteiger partial charge in [0.2, 0.25) is 0 Å². The van der Waals surface area contributed by atoms with Crippen molar-refractivity contribution in [3.8, 4) is 0 Å². The molecule has 2 aliphatic heterocycles. The van der Waals surface area contributed by atoms with Gasteiger partial charge in [0, 0.05) is 11.4 Å². The largest absolute Gasteiger partial charge is 0.354 e. The normalized spacial score (nSPS) is 25.5. The maximum absolute atomic E-state index is 3.48. The molecule has 0 radical (unpaired) electrons. The van der Waals surface area contributed by atoms with Crippen LogP contribution in [0, 0.1) is 0 Å². The van der Waals surface area contributed by atoms with Gasteiger partial charge in [0.05, 0.1) is 11.9 Å². The fourth-order valence-corrected chi connectivity index (χ4v) is 3.03. The molecule has 1 fully saturated rings. The Bertz CT molecular complexity index is 326. The molecule has 0 bridgehead atoms. The molecule has 2 aliphatic rings. The van der Waals surface area contributed by atoms with E-state index < -0.39 is 0 Å². The molecule has 68 valence electrons. The van der Waals surface area contributed by atoms with Crippen LogP contribution in [0.2, 0.25) is 0 Å². The standard InChI is InChI=1S/C10H12N2S/c1-2-5-9-8(4-1)12-7-3-6-10(12)11-13-9/h1-2,4-5,10-11H,3,6-7H2/t10-/m0/s1. The minimum absolute atomic E-state index is 0.569. The zero-order valence-electron chi connectivity index (χ0n) is 7.36. The van der Waals surface area contributed by atoms with Gasteiger partial charge in [-0.25, -0.2) is 4.72 Å². The number of fused-ring (bicyclic) bond motifs is 3. The highest BCUT2D eigenvalue weighted by Gasteiger charge is 2.29. The highest BCUT2D eigenvalue weighted by Crippen LogP contribution is 2.37. The Morgan fingerprint density at radius 2 is 2.31 bits per heavy atom. The number of rotatable bonds is 0. The van der Waals surface area contributed by atoms with E-state index in [2.05, 4.69) is 33.9 Å². The second-order valence-corrected chi connectivity index (χ2v) is 4.42. The molecule has 0 aliphatic carbocycles. The lowest BCUT2D eigenvalue weighted by atomic mass is 10.3. The maximum Gasteiger partial charge on any atom is 0.0890 e. The quantitative estimate of drug-likeness (QED) is 0.634. The summed E-state index contributed by atoms with van der Waals surface area (Å²) >= 11 is 1.77. The monoisotopic (exact) mass is 192 g/mol. The molecule has 0 unspecified atom stereocenters. The van der Waals surface area contributed by atoms with Gasteiger partial charge in [0.1, 0.15) is 0 Å². The van der Waals surface area contributed by atoms with E-state index in [1.54, 1.807) is 11.9 Å². The first-order valence-corrected chi connectivity index (χ1v) is 5.55. The van der Waals surface area contributed by atoms with E-state index in [1.165, 1.54) is 30.0 Å². The zero-order chi connectivity index (χ0) is 8.67. The zero-order valence-corrected chi connectivity index (χ0v) is 8.18. The van der Waals surface area contributed by atoms with Crippen molar-refractivity contribution in [3.63, 3.8) is 0 Å². The van der Waals surface area contributed by atoms with E-state index in [-0.39, 0.29) is 0 Å². The van der Waals surface area contributed by atoms with Crippen molar-refractivity contribution in [2.75, 3.05) is 11.4 Å². The third kappa shape index (κ3) is 1.15. The van der Waals surface area contributed by atoms with Crippen LogP contribution >= 0.6 is 11.9 Å². The number of hydrogen-bond acceptors (Lipinski definition) is 3. The van der Waals surface area contributed by atoms with Crippen molar-refractivity contribution in [2.24, 2.45) is 0 Å². The SMILES string of the molecule is c1ccc2c(c1)SN[C@@H]1CCCN21.